The molecule has 16 rings (SSSR count). The number of rotatable bonds is 28. The first-order valence-corrected chi connectivity index (χ1v) is 51.5. The zero-order valence-electron chi connectivity index (χ0n) is 80.3. The molecule has 718 valence electrons. The summed E-state index contributed by atoms with van der Waals surface area (Å²) in [6.45, 7) is 32.4. The number of aromatic nitrogens is 12. The van der Waals surface area contributed by atoms with Gasteiger partial charge in [-0.1, -0.05) is 142 Å². The van der Waals surface area contributed by atoms with Crippen LogP contribution in [0.4, 0.5) is 14.4 Å². The van der Waals surface area contributed by atoms with E-state index in [1.165, 1.54) is 35.1 Å². The summed E-state index contributed by atoms with van der Waals surface area (Å²) < 4.78 is 118. The molecule has 9 N–H and O–H groups in total. The fourth-order valence-electron chi connectivity index (χ4n) is 16.3. The standard InChI is InChI=1S/C26H29N5O4S.2C26H29N5O3S.C25H28N4O2S/c1-5-24-28-25-19(4)31(33)18(3)16-23(25)30(24)21-10-8-20(9-11-21)14-15-27-26(32)29-36(34,35)22-12-6-17(2)7-13-22;1-5-24-29-25-19(4)28-18(3)16-23(25)31(24)21-11-9-20(10-12-21)13-14-27-26(32)30-35(33,34)22-8-6-7-17(2)15-22;1-5-24-29-25-19(4)28-18(3)16-22(25)31(24)21-12-10-20(11-13-21)14-15-27-26(32)30-35(33,34)23-9-7-6-8-17(23)2;1-5-24-28-25-19(4)27-18(3)16-23(25)29(24)21-10-8-20(9-11-21)14-15-26-32(30,31)22-12-6-17(2)7-13-22/h6-13,16H,5,14-15H2,1-4H3,(H2-,27,29,32,33);6-12,15-16H,5,13-14H2,1-4H3,(H2,27,30,32);6-13,16H,5,14-15H2,1-4H3,(H2,27,30,32);6-13,16,26H,5,14-15H2,1-4H3/p+2. The number of amides is 6. The molecule has 8 aromatic carbocycles. The largest absolute Gasteiger partial charge is 0.337 e. The lowest BCUT2D eigenvalue weighted by Crippen LogP contribution is -2.40. The number of hydrogen-bond donors (Lipinski definition) is 9. The lowest BCUT2D eigenvalue weighted by atomic mass is 10.1. The molecule has 0 aliphatic heterocycles. The molecule has 0 radical (unpaired) electrons. The van der Waals surface area contributed by atoms with E-state index in [0.29, 0.717) is 50.9 Å². The highest BCUT2D eigenvalue weighted by molar-refractivity contribution is 7.90. The average molecular weight is 1940 g/mol. The quantitative estimate of drug-likeness (QED) is 0.0162. The van der Waals surface area contributed by atoms with Crippen molar-refractivity contribution in [2.45, 2.75) is 182 Å². The number of aromatic amines is 1. The second kappa shape index (κ2) is 43.7. The minimum Gasteiger partial charge on any atom is -0.337 e. The van der Waals surface area contributed by atoms with Crippen LogP contribution in [0.25, 0.3) is 66.9 Å². The number of fused-ring (bicyclic) bond motifs is 4. The van der Waals surface area contributed by atoms with Crippen molar-refractivity contribution in [2.24, 2.45) is 0 Å². The molecule has 6 amide bonds. The van der Waals surface area contributed by atoms with E-state index in [1.54, 1.807) is 80.6 Å². The maximum Gasteiger partial charge on any atom is 0.328 e. The molecule has 0 aliphatic carbocycles. The number of aryl methyl sites for hydroxylation is 16. The predicted molar refractivity (Wildman–Crippen MR) is 535 cm³/mol. The first kappa shape index (κ1) is 101. The number of imidazole rings is 4. The molecule has 0 aliphatic rings. The summed E-state index contributed by atoms with van der Waals surface area (Å²) in [5.41, 5.74) is 26.3. The van der Waals surface area contributed by atoms with E-state index < -0.39 is 58.2 Å². The number of nitrogens with one attached hydrogen (secondary N) is 8. The summed E-state index contributed by atoms with van der Waals surface area (Å²) in [7, 11) is -15.3. The van der Waals surface area contributed by atoms with Gasteiger partial charge in [0, 0.05) is 105 Å². The molecule has 31 nitrogen and oxygen atoms in total. The van der Waals surface area contributed by atoms with Crippen molar-refractivity contribution < 1.29 is 62.6 Å². The monoisotopic (exact) mass is 1940 g/mol. The Morgan fingerprint density at radius 1 is 0.370 bits per heavy atom. The van der Waals surface area contributed by atoms with Crippen LogP contribution in [-0.4, -0.2) is 132 Å². The highest BCUT2D eigenvalue weighted by Gasteiger charge is 2.30. The minimum absolute atomic E-state index is 0.0410. The smallest absolute Gasteiger partial charge is 0.328 e. The van der Waals surface area contributed by atoms with Gasteiger partial charge >= 0.3 is 18.1 Å². The van der Waals surface area contributed by atoms with Crippen LogP contribution in [0.5, 0.6) is 0 Å². The fourth-order valence-corrected chi connectivity index (χ4v) is 20.5. The molecule has 0 saturated heterocycles. The minimum atomic E-state index is -3.92. The maximum atomic E-state index is 12.5. The van der Waals surface area contributed by atoms with Gasteiger partial charge in [0.1, 0.15) is 39.7 Å². The molecule has 8 aromatic heterocycles. The third-order valence-corrected chi connectivity index (χ3v) is 29.0. The van der Waals surface area contributed by atoms with Crippen LogP contribution < -0.4 is 44.1 Å². The van der Waals surface area contributed by atoms with E-state index in [2.05, 4.69) is 126 Å². The predicted octanol–water partition coefficient (Wildman–Crippen LogP) is 15.4. The van der Waals surface area contributed by atoms with Crippen LogP contribution in [-0.2, 0) is 91.5 Å². The lowest BCUT2D eigenvalue weighted by Gasteiger charge is -2.11. The molecule has 0 fully saturated rings. The van der Waals surface area contributed by atoms with Crippen molar-refractivity contribution in [1.82, 2.24) is 83.4 Å². The summed E-state index contributed by atoms with van der Waals surface area (Å²) in [6, 6.07) is 64.3. The van der Waals surface area contributed by atoms with Crippen molar-refractivity contribution >= 4 is 102 Å². The van der Waals surface area contributed by atoms with Gasteiger partial charge in [-0.3, -0.25) is 33.9 Å². The van der Waals surface area contributed by atoms with E-state index in [9.17, 15) is 53.3 Å². The van der Waals surface area contributed by atoms with Gasteiger partial charge in [-0.25, -0.2) is 86.9 Å². The maximum absolute atomic E-state index is 12.5. The van der Waals surface area contributed by atoms with E-state index in [1.807, 2.05) is 165 Å². The Morgan fingerprint density at radius 3 is 1.12 bits per heavy atom. The number of nitrogens with zero attached hydrogens (tertiary/aromatic N) is 11. The van der Waals surface area contributed by atoms with Crippen molar-refractivity contribution in [3.05, 3.63) is 332 Å². The van der Waals surface area contributed by atoms with Crippen LogP contribution in [0.2, 0.25) is 0 Å². The summed E-state index contributed by atoms with van der Waals surface area (Å²) in [5.74, 6) is 3.95. The van der Waals surface area contributed by atoms with Gasteiger partial charge in [-0.2, -0.15) is 4.57 Å². The van der Waals surface area contributed by atoms with Gasteiger partial charge in [0.25, 0.3) is 41.6 Å². The number of H-pyrrole nitrogens is 1. The van der Waals surface area contributed by atoms with Gasteiger partial charge in [0.05, 0.1) is 59.3 Å². The summed E-state index contributed by atoms with van der Waals surface area (Å²) >= 11 is 0. The molecule has 0 bridgehead atoms. The highest BCUT2D eigenvalue weighted by atomic mass is 32.2. The number of hydrogen-bond acceptors (Lipinski definition) is 18. The van der Waals surface area contributed by atoms with Crippen LogP contribution in [0.3, 0.4) is 0 Å². The Balaban J connectivity index is 0.000000155. The summed E-state index contributed by atoms with van der Waals surface area (Å²) in [6.07, 6.45) is 5.45. The fraction of sp³-hybridized carbons (Fsp3) is 0.272. The normalized spacial score (nSPS) is 11.6. The molecular weight excluding hydrogens is 1820 g/mol. The number of sulfonamides is 4. The first-order chi connectivity index (χ1) is 65.7. The van der Waals surface area contributed by atoms with E-state index in [4.69, 9.17) is 15.0 Å². The molecule has 8 heterocycles. The summed E-state index contributed by atoms with van der Waals surface area (Å²) in [4.78, 5) is 68.4. The second-order valence-corrected chi connectivity index (χ2v) is 40.6. The Kier molecular flexibility index (Phi) is 32.0. The molecule has 0 saturated carbocycles. The molecule has 0 atom stereocenters. The lowest BCUT2D eigenvalue weighted by molar-refractivity contribution is -0.912. The van der Waals surface area contributed by atoms with Gasteiger partial charge in [0.15, 0.2) is 5.52 Å². The molecule has 0 unspecified atom stereocenters. The van der Waals surface area contributed by atoms with Crippen LogP contribution >= 0.6 is 0 Å². The van der Waals surface area contributed by atoms with Gasteiger partial charge in [0.2, 0.25) is 21.2 Å². The van der Waals surface area contributed by atoms with Crippen molar-refractivity contribution in [3.63, 3.8) is 0 Å². The Labute approximate surface area is 805 Å². The third-order valence-electron chi connectivity index (χ3n) is 23.3. The molecule has 16 aromatic rings. The van der Waals surface area contributed by atoms with Gasteiger partial charge < -0.3 is 16.0 Å². The Hall–Kier alpha value is -14.4. The molecule has 0 spiro atoms. The SMILES string of the molecule is CCc1[nH]c2c(C)[n+](O)c(C)cc2[n+]1-c1ccc(CCNC(=O)NS(=O)(=O)c2ccc(C)cc2)cc1.CCc1nc2c(C)nc(C)cc2n1-c1ccc(CCNC(=O)NS(=O)(=O)c2cccc(C)c2)cc1.CCc1nc2c(C)nc(C)cc2n1-c1ccc(CCNC(=O)NS(=O)(=O)c2ccccc2C)cc1.CCc1nc2c(C)nc(C)cc2n1-c1ccc(CCNS(=O)(=O)c2ccc(C)cc2)cc1. The van der Waals surface area contributed by atoms with Crippen molar-refractivity contribution in [2.75, 3.05) is 26.2 Å². The number of benzene rings is 8. The van der Waals surface area contributed by atoms with Crippen LogP contribution in [0.15, 0.2) is 238 Å². The second-order valence-electron chi connectivity index (χ2n) is 33.9. The van der Waals surface area contributed by atoms with E-state index >= 15 is 0 Å². The average Bonchev–Trinajstić information content (AvgIpc) is 1.62. The zero-order chi connectivity index (χ0) is 99.2. The Morgan fingerprint density at radius 2 is 0.739 bits per heavy atom. The van der Waals surface area contributed by atoms with Crippen molar-refractivity contribution in [1.29, 1.82) is 0 Å². The number of pyridine rings is 4. The van der Waals surface area contributed by atoms with Crippen LogP contribution in [0.1, 0.15) is 141 Å². The first-order valence-electron chi connectivity index (χ1n) is 45.5. The zero-order valence-corrected chi connectivity index (χ0v) is 83.5. The number of urea groups is 3. The van der Waals surface area contributed by atoms with Crippen LogP contribution in [0, 0.1) is 83.1 Å². The molecule has 138 heavy (non-hydrogen) atoms. The van der Waals surface area contributed by atoms with E-state index in [-0.39, 0.29) is 26.1 Å². The van der Waals surface area contributed by atoms with Gasteiger partial charge in [-0.05, 0) is 237 Å². The van der Waals surface area contributed by atoms with Crippen molar-refractivity contribution in [3.8, 4) is 22.7 Å². The van der Waals surface area contributed by atoms with E-state index in [0.717, 1.165) is 200 Å². The molecule has 35 heteroatoms. The highest BCUT2D eigenvalue weighted by Crippen LogP contribution is 2.30. The number of carbonyl (C=O) groups is 3. The third kappa shape index (κ3) is 24.2. The Bertz CT molecular complexity index is 7680. The van der Waals surface area contributed by atoms with Gasteiger partial charge in [-0.15, -0.1) is 0 Å². The molecular formula is C103H117N19O12S4+2. The topological polar surface area (TPSA) is 408 Å². The summed E-state index contributed by atoms with van der Waals surface area (Å²) in [5, 5.41) is 18.1. The number of carbonyl (C=O) groups excluding carboxylic acids is 3.